The number of rotatable bonds is 8. The molecule has 28 heavy (non-hydrogen) atoms. The van der Waals surface area contributed by atoms with Crippen LogP contribution in [0.4, 0.5) is 4.79 Å². The summed E-state index contributed by atoms with van der Waals surface area (Å²) in [5.74, 6) is 0.889. The van der Waals surface area contributed by atoms with E-state index in [1.165, 1.54) is 5.56 Å². The molecule has 1 N–H and O–H groups in total. The summed E-state index contributed by atoms with van der Waals surface area (Å²) in [7, 11) is 0. The van der Waals surface area contributed by atoms with Crippen molar-refractivity contribution < 1.29 is 9.53 Å². The zero-order chi connectivity index (χ0) is 19.9. The van der Waals surface area contributed by atoms with Crippen molar-refractivity contribution in [1.82, 2.24) is 25.0 Å². The van der Waals surface area contributed by atoms with Crippen LogP contribution in [0.5, 0.6) is 0 Å². The van der Waals surface area contributed by atoms with Gasteiger partial charge < -0.3 is 19.5 Å². The lowest BCUT2D eigenvalue weighted by Gasteiger charge is -2.26. The molecular weight excluding hydrogens is 354 g/mol. The highest BCUT2D eigenvalue weighted by atomic mass is 16.5. The van der Waals surface area contributed by atoms with Crippen molar-refractivity contribution in [1.29, 1.82) is 0 Å². The summed E-state index contributed by atoms with van der Waals surface area (Å²) < 4.78 is 7.80. The molecule has 152 valence electrons. The Bertz CT molecular complexity index is 768. The minimum absolute atomic E-state index is 0.0608. The third kappa shape index (κ3) is 5.32. The number of nitrogens with one attached hydrogen (secondary N) is 1. The van der Waals surface area contributed by atoms with Gasteiger partial charge in [0.05, 0.1) is 6.10 Å². The Morgan fingerprint density at radius 2 is 2.21 bits per heavy atom. The number of hydrogen-bond donors (Lipinski definition) is 1. The highest BCUT2D eigenvalue weighted by molar-refractivity contribution is 5.74. The molecular formula is C21H31N5O2. The van der Waals surface area contributed by atoms with Crippen LogP contribution in [-0.2, 0) is 17.7 Å². The van der Waals surface area contributed by atoms with Gasteiger partial charge in [-0.05, 0) is 44.7 Å². The third-order valence-corrected chi connectivity index (χ3v) is 5.19. The van der Waals surface area contributed by atoms with Crippen LogP contribution in [0.25, 0.3) is 0 Å². The van der Waals surface area contributed by atoms with Crippen LogP contribution in [0.1, 0.15) is 49.7 Å². The van der Waals surface area contributed by atoms with Crippen LogP contribution in [0.3, 0.4) is 0 Å². The molecule has 2 aromatic rings. The van der Waals surface area contributed by atoms with Gasteiger partial charge in [-0.2, -0.15) is 0 Å². The van der Waals surface area contributed by atoms with Crippen LogP contribution >= 0.6 is 0 Å². The van der Waals surface area contributed by atoms with Crippen LogP contribution < -0.4 is 5.32 Å². The number of aromatic nitrogens is 3. The number of amides is 2. The summed E-state index contributed by atoms with van der Waals surface area (Å²) in [4.78, 5) is 14.8. The molecule has 0 aliphatic carbocycles. The number of urea groups is 1. The number of hydrogen-bond acceptors (Lipinski definition) is 4. The molecule has 1 atom stereocenters. The first-order valence-corrected chi connectivity index (χ1v) is 10.1. The molecule has 1 saturated heterocycles. The van der Waals surface area contributed by atoms with E-state index in [1.807, 2.05) is 21.6 Å². The van der Waals surface area contributed by atoms with Gasteiger partial charge >= 0.3 is 6.03 Å². The second kappa shape index (κ2) is 9.68. The molecule has 2 heterocycles. The molecule has 2 amide bonds. The van der Waals surface area contributed by atoms with Crippen molar-refractivity contribution in [3.05, 3.63) is 47.5 Å². The maximum Gasteiger partial charge on any atom is 0.317 e. The Kier molecular flexibility index (Phi) is 7.03. The molecule has 1 aromatic carbocycles. The summed E-state index contributed by atoms with van der Waals surface area (Å²) in [6, 6.07) is 8.44. The normalized spacial score (nSPS) is 16.5. The lowest BCUT2D eigenvalue weighted by molar-refractivity contribution is 0.0794. The second-order valence-corrected chi connectivity index (χ2v) is 7.67. The van der Waals surface area contributed by atoms with Crippen molar-refractivity contribution in [3.63, 3.8) is 0 Å². The summed E-state index contributed by atoms with van der Waals surface area (Å²) in [6.45, 7) is 8.78. The number of carbonyl (C=O) groups excluding carboxylic acids is 1. The van der Waals surface area contributed by atoms with E-state index in [1.54, 1.807) is 6.33 Å². The van der Waals surface area contributed by atoms with Crippen LogP contribution in [-0.4, -0.2) is 51.5 Å². The Morgan fingerprint density at radius 1 is 1.39 bits per heavy atom. The maximum absolute atomic E-state index is 12.9. The van der Waals surface area contributed by atoms with E-state index in [4.69, 9.17) is 4.74 Å². The van der Waals surface area contributed by atoms with E-state index in [2.05, 4.69) is 48.4 Å². The first-order valence-electron chi connectivity index (χ1n) is 10.1. The van der Waals surface area contributed by atoms with E-state index < -0.39 is 0 Å². The molecule has 0 radical (unpaired) electrons. The second-order valence-electron chi connectivity index (χ2n) is 7.67. The zero-order valence-electron chi connectivity index (χ0n) is 17.1. The summed E-state index contributed by atoms with van der Waals surface area (Å²) >= 11 is 0. The minimum atomic E-state index is -0.0608. The average molecular weight is 386 g/mol. The molecule has 1 fully saturated rings. The quantitative estimate of drug-likeness (QED) is 0.758. The molecule has 1 aliphatic heterocycles. The van der Waals surface area contributed by atoms with Gasteiger partial charge in [-0.25, -0.2) is 4.79 Å². The molecule has 0 unspecified atom stereocenters. The Hall–Kier alpha value is -2.41. The van der Waals surface area contributed by atoms with E-state index in [0.29, 0.717) is 32.1 Å². The largest absolute Gasteiger partial charge is 0.376 e. The Balaban J connectivity index is 1.60. The number of ether oxygens (including phenoxy) is 1. The lowest BCUT2D eigenvalue weighted by atomic mass is 10.1. The monoisotopic (exact) mass is 385 g/mol. The number of aryl methyl sites for hydroxylation is 1. The predicted octanol–water partition coefficient (Wildman–Crippen LogP) is 3.10. The smallest absolute Gasteiger partial charge is 0.317 e. The maximum atomic E-state index is 12.9. The Morgan fingerprint density at radius 3 is 2.93 bits per heavy atom. The van der Waals surface area contributed by atoms with Crippen molar-refractivity contribution >= 4 is 6.03 Å². The van der Waals surface area contributed by atoms with Crippen LogP contribution in [0.2, 0.25) is 0 Å². The van der Waals surface area contributed by atoms with E-state index in [9.17, 15) is 4.79 Å². The summed E-state index contributed by atoms with van der Waals surface area (Å²) in [5, 5.41) is 11.2. The fourth-order valence-electron chi connectivity index (χ4n) is 3.52. The van der Waals surface area contributed by atoms with Gasteiger partial charge in [0, 0.05) is 38.7 Å². The third-order valence-electron chi connectivity index (χ3n) is 5.19. The van der Waals surface area contributed by atoms with Gasteiger partial charge in [-0.3, -0.25) is 0 Å². The molecule has 3 rings (SSSR count). The van der Waals surface area contributed by atoms with Crippen molar-refractivity contribution in [2.24, 2.45) is 0 Å². The fourth-order valence-corrected chi connectivity index (χ4v) is 3.52. The molecule has 0 bridgehead atoms. The van der Waals surface area contributed by atoms with E-state index >= 15 is 0 Å². The van der Waals surface area contributed by atoms with Gasteiger partial charge in [0.2, 0.25) is 0 Å². The first kappa shape index (κ1) is 20.3. The van der Waals surface area contributed by atoms with Gasteiger partial charge in [-0.15, -0.1) is 10.2 Å². The number of nitrogens with zero attached hydrogens (tertiary/aromatic N) is 4. The molecule has 1 aliphatic rings. The highest BCUT2D eigenvalue weighted by Gasteiger charge is 2.23. The molecule has 1 aromatic heterocycles. The first-order chi connectivity index (χ1) is 13.5. The van der Waals surface area contributed by atoms with Crippen molar-refractivity contribution in [2.45, 2.75) is 58.7 Å². The molecule has 0 spiro atoms. The van der Waals surface area contributed by atoms with Gasteiger partial charge in [0.1, 0.15) is 12.2 Å². The number of carbonyl (C=O) groups is 1. The molecule has 0 saturated carbocycles. The lowest BCUT2D eigenvalue weighted by Crippen LogP contribution is -2.44. The van der Waals surface area contributed by atoms with Gasteiger partial charge in [0.15, 0.2) is 0 Å². The highest BCUT2D eigenvalue weighted by Crippen LogP contribution is 2.17. The minimum Gasteiger partial charge on any atom is -0.376 e. The topological polar surface area (TPSA) is 72.3 Å². The van der Waals surface area contributed by atoms with Crippen LogP contribution in [0.15, 0.2) is 30.6 Å². The SMILES string of the molecule is Cc1ccccc1CN(C[C@@H]1CCCO1)C(=O)NCCc1nncn1C(C)C. The standard InChI is InChI=1S/C21H31N5O2/c1-16(2)26-15-23-24-20(26)10-11-22-21(27)25(14-19-9-6-12-28-19)13-18-8-5-4-7-17(18)3/h4-5,7-8,15-16,19H,6,9-14H2,1-3H3,(H,22,27)/t19-/m0/s1. The fraction of sp³-hybridized carbons (Fsp3) is 0.571. The Labute approximate surface area is 167 Å². The van der Waals surface area contributed by atoms with Crippen molar-refractivity contribution in [3.8, 4) is 0 Å². The van der Waals surface area contributed by atoms with E-state index in [0.717, 1.165) is 30.8 Å². The summed E-state index contributed by atoms with van der Waals surface area (Å²) in [5.41, 5.74) is 2.35. The molecule has 7 nitrogen and oxygen atoms in total. The average Bonchev–Trinajstić information content (AvgIpc) is 3.34. The predicted molar refractivity (Wildman–Crippen MR) is 108 cm³/mol. The zero-order valence-corrected chi connectivity index (χ0v) is 17.1. The van der Waals surface area contributed by atoms with Gasteiger partial charge in [0.25, 0.3) is 0 Å². The van der Waals surface area contributed by atoms with E-state index in [-0.39, 0.29) is 12.1 Å². The molecule has 7 heteroatoms. The number of benzene rings is 1. The van der Waals surface area contributed by atoms with Crippen molar-refractivity contribution in [2.75, 3.05) is 19.7 Å². The van der Waals surface area contributed by atoms with Gasteiger partial charge in [-0.1, -0.05) is 24.3 Å². The summed E-state index contributed by atoms with van der Waals surface area (Å²) in [6.07, 6.45) is 4.59. The van der Waals surface area contributed by atoms with Crippen LogP contribution in [0, 0.1) is 6.92 Å².